The number of esters is 1. The zero-order chi connectivity index (χ0) is 16.2. The van der Waals surface area contributed by atoms with Gasteiger partial charge in [-0.15, -0.1) is 0 Å². The maximum Gasteiger partial charge on any atom is 0.338 e. The van der Waals surface area contributed by atoms with Gasteiger partial charge in [0, 0.05) is 25.1 Å². The van der Waals surface area contributed by atoms with Crippen molar-refractivity contribution in [1.29, 1.82) is 0 Å². The van der Waals surface area contributed by atoms with Crippen LogP contribution < -0.4 is 0 Å². The molecule has 22 heavy (non-hydrogen) atoms. The lowest BCUT2D eigenvalue weighted by atomic mass is 9.92. The lowest BCUT2D eigenvalue weighted by Gasteiger charge is -2.46. The van der Waals surface area contributed by atoms with Crippen LogP contribution in [0.4, 0.5) is 0 Å². The molecule has 1 aliphatic heterocycles. The van der Waals surface area contributed by atoms with Crippen molar-refractivity contribution in [3.05, 3.63) is 35.9 Å². The van der Waals surface area contributed by atoms with Crippen molar-refractivity contribution in [2.24, 2.45) is 0 Å². The normalized spacial score (nSPS) is 26.1. The summed E-state index contributed by atoms with van der Waals surface area (Å²) in [6, 6.07) is 9.17. The fraction of sp³-hybridized carbons (Fsp3) is 0.562. The smallest absolute Gasteiger partial charge is 0.338 e. The molecule has 0 aliphatic carbocycles. The van der Waals surface area contributed by atoms with Gasteiger partial charge >= 0.3 is 5.97 Å². The topological polar surface area (TPSA) is 59.0 Å². The number of ether oxygens (including phenoxy) is 2. The van der Waals surface area contributed by atoms with E-state index in [1.807, 2.05) is 13.9 Å². The van der Waals surface area contributed by atoms with Crippen LogP contribution in [-0.2, 0) is 9.47 Å². The van der Waals surface area contributed by atoms with Crippen LogP contribution in [0.3, 0.4) is 0 Å². The molecule has 0 spiro atoms. The molecular formula is C16H24BNO4. The van der Waals surface area contributed by atoms with Gasteiger partial charge in [0.05, 0.1) is 12.2 Å². The van der Waals surface area contributed by atoms with Gasteiger partial charge in [0.1, 0.15) is 20.1 Å². The molecule has 0 radical (unpaired) electrons. The molecule has 0 amide bonds. The van der Waals surface area contributed by atoms with Gasteiger partial charge in [0.2, 0.25) is 0 Å². The molecule has 0 aromatic heterocycles. The van der Waals surface area contributed by atoms with Crippen molar-refractivity contribution >= 4 is 13.8 Å². The van der Waals surface area contributed by atoms with Crippen LogP contribution in [0.2, 0.25) is 0 Å². The number of aliphatic hydroxyl groups excluding tert-OH is 1. The fourth-order valence-corrected chi connectivity index (χ4v) is 2.73. The molecule has 1 N–H and O–H groups in total. The van der Waals surface area contributed by atoms with Crippen molar-refractivity contribution in [1.82, 2.24) is 4.90 Å². The largest absolute Gasteiger partial charge is 0.459 e. The standard InChI is InChI=1S/C16H24BNO4/c1-12(2)18-8-14(17)22-16(9-18,10-19)11-21-15(20)13-6-4-3-5-7-13/h3-7,12,14,19H,8-11,17H2,1-2H3/t14-,16-/m1/s1. The van der Waals surface area contributed by atoms with E-state index < -0.39 is 11.6 Å². The van der Waals surface area contributed by atoms with Gasteiger partial charge in [-0.25, -0.2) is 4.79 Å². The van der Waals surface area contributed by atoms with Crippen LogP contribution in [0.15, 0.2) is 30.3 Å². The third-order valence-electron chi connectivity index (χ3n) is 3.93. The molecule has 2 atom stereocenters. The Morgan fingerprint density at radius 3 is 2.77 bits per heavy atom. The number of benzene rings is 1. The quantitative estimate of drug-likeness (QED) is 0.625. The molecule has 0 unspecified atom stereocenters. The van der Waals surface area contributed by atoms with Crippen LogP contribution in [0.1, 0.15) is 24.2 Å². The number of aliphatic hydroxyl groups is 1. The number of rotatable bonds is 5. The summed E-state index contributed by atoms with van der Waals surface area (Å²) >= 11 is 0. The number of carbonyl (C=O) groups is 1. The molecule has 1 aromatic carbocycles. The van der Waals surface area contributed by atoms with E-state index in [-0.39, 0.29) is 19.2 Å². The van der Waals surface area contributed by atoms with E-state index in [1.54, 1.807) is 24.3 Å². The zero-order valence-corrected chi connectivity index (χ0v) is 13.5. The lowest BCUT2D eigenvalue weighted by molar-refractivity contribution is -0.172. The van der Waals surface area contributed by atoms with E-state index in [0.717, 1.165) is 6.54 Å². The van der Waals surface area contributed by atoms with Gasteiger partial charge < -0.3 is 14.6 Å². The highest BCUT2D eigenvalue weighted by atomic mass is 16.6. The number of morpholine rings is 1. The average Bonchev–Trinajstić information content (AvgIpc) is 2.53. The van der Waals surface area contributed by atoms with Crippen molar-refractivity contribution < 1.29 is 19.4 Å². The SMILES string of the molecule is B[C@H]1CN(C(C)C)C[C@@](CO)(COC(=O)c2ccccc2)O1. The minimum atomic E-state index is -0.855. The maximum atomic E-state index is 12.1. The van der Waals surface area contributed by atoms with Crippen LogP contribution in [-0.4, -0.2) is 67.8 Å². The summed E-state index contributed by atoms with van der Waals surface area (Å²) in [5, 5.41) is 9.80. The summed E-state index contributed by atoms with van der Waals surface area (Å²) in [5.41, 5.74) is -0.355. The van der Waals surface area contributed by atoms with Crippen LogP contribution in [0.25, 0.3) is 0 Å². The van der Waals surface area contributed by atoms with E-state index in [2.05, 4.69) is 18.7 Å². The Balaban J connectivity index is 2.02. The van der Waals surface area contributed by atoms with Crippen LogP contribution in [0.5, 0.6) is 0 Å². The summed E-state index contributed by atoms with van der Waals surface area (Å²) in [5.74, 6) is -0.397. The first-order valence-corrected chi connectivity index (χ1v) is 7.71. The summed E-state index contributed by atoms with van der Waals surface area (Å²) in [6.07, 6.45) is 0. The van der Waals surface area contributed by atoms with E-state index in [1.165, 1.54) is 0 Å². The van der Waals surface area contributed by atoms with Gasteiger partial charge in [0.25, 0.3) is 0 Å². The van der Waals surface area contributed by atoms with Gasteiger partial charge in [-0.1, -0.05) is 18.2 Å². The molecule has 1 heterocycles. The monoisotopic (exact) mass is 305 g/mol. The van der Waals surface area contributed by atoms with Gasteiger partial charge in [0.15, 0.2) is 0 Å². The summed E-state index contributed by atoms with van der Waals surface area (Å²) in [7, 11) is 1.97. The number of nitrogens with zero attached hydrogens (tertiary/aromatic N) is 1. The summed E-state index contributed by atoms with van der Waals surface area (Å²) in [6.45, 7) is 5.44. The highest BCUT2D eigenvalue weighted by Crippen LogP contribution is 2.23. The van der Waals surface area contributed by atoms with E-state index in [4.69, 9.17) is 9.47 Å². The first-order valence-electron chi connectivity index (χ1n) is 7.71. The third-order valence-corrected chi connectivity index (χ3v) is 3.93. The second-order valence-electron chi connectivity index (χ2n) is 6.23. The first kappa shape index (κ1) is 17.0. The Hall–Kier alpha value is -1.37. The van der Waals surface area contributed by atoms with Crippen LogP contribution in [0, 0.1) is 0 Å². The molecule has 2 rings (SSSR count). The number of hydrogen-bond acceptors (Lipinski definition) is 5. The van der Waals surface area contributed by atoms with Crippen molar-refractivity contribution in [2.75, 3.05) is 26.3 Å². The number of hydrogen-bond donors (Lipinski definition) is 1. The van der Waals surface area contributed by atoms with E-state index >= 15 is 0 Å². The molecule has 1 aromatic rings. The maximum absolute atomic E-state index is 12.1. The highest BCUT2D eigenvalue weighted by Gasteiger charge is 2.41. The van der Waals surface area contributed by atoms with Gasteiger partial charge in [-0.2, -0.15) is 0 Å². The number of carbonyl (C=O) groups excluding carboxylic acids is 1. The molecule has 5 nitrogen and oxygen atoms in total. The van der Waals surface area contributed by atoms with E-state index in [0.29, 0.717) is 18.2 Å². The molecule has 120 valence electrons. The third kappa shape index (κ3) is 4.09. The van der Waals surface area contributed by atoms with Crippen LogP contribution >= 0.6 is 0 Å². The molecule has 1 aliphatic rings. The molecular weight excluding hydrogens is 281 g/mol. The second kappa shape index (κ2) is 7.27. The predicted octanol–water partition coefficient (Wildman–Crippen LogP) is 0.274. The summed E-state index contributed by atoms with van der Waals surface area (Å²) < 4.78 is 11.3. The molecule has 0 bridgehead atoms. The summed E-state index contributed by atoms with van der Waals surface area (Å²) in [4.78, 5) is 14.3. The second-order valence-corrected chi connectivity index (χ2v) is 6.23. The van der Waals surface area contributed by atoms with Crippen molar-refractivity contribution in [3.8, 4) is 0 Å². The lowest BCUT2D eigenvalue weighted by Crippen LogP contribution is -2.61. The Bertz CT molecular complexity index is 496. The Morgan fingerprint density at radius 2 is 2.18 bits per heavy atom. The van der Waals surface area contributed by atoms with Gasteiger partial charge in [-0.05, 0) is 26.0 Å². The van der Waals surface area contributed by atoms with E-state index in [9.17, 15) is 9.90 Å². The predicted molar refractivity (Wildman–Crippen MR) is 86.7 cm³/mol. The minimum absolute atomic E-state index is 0.0151. The van der Waals surface area contributed by atoms with Crippen molar-refractivity contribution in [3.63, 3.8) is 0 Å². The molecule has 1 saturated heterocycles. The van der Waals surface area contributed by atoms with Crippen molar-refractivity contribution in [2.45, 2.75) is 31.5 Å². The molecule has 6 heteroatoms. The minimum Gasteiger partial charge on any atom is -0.459 e. The first-order chi connectivity index (χ1) is 10.5. The molecule has 0 saturated carbocycles. The molecule has 1 fully saturated rings. The Kier molecular flexibility index (Phi) is 5.61. The average molecular weight is 305 g/mol. The highest BCUT2D eigenvalue weighted by molar-refractivity contribution is 6.11. The zero-order valence-electron chi connectivity index (χ0n) is 13.5. The Morgan fingerprint density at radius 1 is 1.50 bits per heavy atom. The Labute approximate surface area is 132 Å². The van der Waals surface area contributed by atoms with Gasteiger partial charge in [-0.3, -0.25) is 4.90 Å². The fourth-order valence-electron chi connectivity index (χ4n) is 2.73.